The summed E-state index contributed by atoms with van der Waals surface area (Å²) in [7, 11) is 0. The summed E-state index contributed by atoms with van der Waals surface area (Å²) in [6.07, 6.45) is 19.2. The van der Waals surface area contributed by atoms with Crippen LogP contribution in [0.5, 0.6) is 0 Å². The van der Waals surface area contributed by atoms with Crippen LogP contribution in [0.3, 0.4) is 0 Å². The van der Waals surface area contributed by atoms with Gasteiger partial charge in [-0.25, -0.2) is 0 Å². The van der Waals surface area contributed by atoms with Crippen molar-refractivity contribution in [2.45, 2.75) is 25.8 Å². The second-order valence-electron chi connectivity index (χ2n) is 4.67. The fraction of sp³-hybridized carbons (Fsp3) is 0.312. The zero-order valence-electron chi connectivity index (χ0n) is 11.4. The van der Waals surface area contributed by atoms with Crippen molar-refractivity contribution >= 4 is 0 Å². The van der Waals surface area contributed by atoms with E-state index >= 15 is 0 Å². The Kier molecular flexibility index (Phi) is 10.7. The van der Waals surface area contributed by atoms with Crippen molar-refractivity contribution in [2.75, 3.05) is 6.54 Å². The van der Waals surface area contributed by atoms with Crippen LogP contribution in [0.2, 0.25) is 0 Å². The largest absolute Gasteiger partial charge is 2.00 e. The van der Waals surface area contributed by atoms with E-state index in [-0.39, 0.29) is 17.1 Å². The molecule has 0 aliphatic heterocycles. The first kappa shape index (κ1) is 19.0. The van der Waals surface area contributed by atoms with Gasteiger partial charge in [0, 0.05) is 0 Å². The van der Waals surface area contributed by atoms with Gasteiger partial charge < -0.3 is 0 Å². The van der Waals surface area contributed by atoms with E-state index in [0.717, 1.165) is 13.0 Å². The normalized spacial score (nSPS) is 19.2. The molecule has 0 aromatic carbocycles. The van der Waals surface area contributed by atoms with Gasteiger partial charge in [-0.3, -0.25) is 5.32 Å². The molecule has 2 fully saturated rings. The van der Waals surface area contributed by atoms with Crippen molar-refractivity contribution in [2.24, 2.45) is 0 Å². The first-order chi connectivity index (χ1) is 8.64. The predicted octanol–water partition coefficient (Wildman–Crippen LogP) is 2.69. The zero-order chi connectivity index (χ0) is 13.3. The molecule has 0 bridgehead atoms. The summed E-state index contributed by atoms with van der Waals surface area (Å²) in [6.45, 7) is 4.63. The van der Waals surface area contributed by atoms with E-state index in [1.54, 1.807) is 0 Å². The molecular weight excluding hydrogens is 276 g/mol. The maximum atomic E-state index is 8.74. The maximum absolute atomic E-state index is 8.74. The van der Waals surface area contributed by atoms with Crippen molar-refractivity contribution in [1.82, 2.24) is 5.32 Å². The summed E-state index contributed by atoms with van der Waals surface area (Å²) >= 11 is 0. The topological polar surface area (TPSA) is 35.8 Å². The molecule has 0 aromatic rings. The summed E-state index contributed by atoms with van der Waals surface area (Å²) in [5.74, 6) is 1.32. The third-order valence-electron chi connectivity index (χ3n) is 2.55. The molecule has 0 saturated heterocycles. The molecule has 2 aliphatic rings. The van der Waals surface area contributed by atoms with Crippen molar-refractivity contribution in [3.63, 3.8) is 0 Å². The van der Waals surface area contributed by atoms with Crippen LogP contribution in [-0.2, 0) is 17.1 Å². The van der Waals surface area contributed by atoms with Crippen molar-refractivity contribution in [1.29, 1.82) is 5.26 Å². The van der Waals surface area contributed by atoms with E-state index in [0.29, 0.717) is 0 Å². The Morgan fingerprint density at radius 3 is 1.89 bits per heavy atom. The van der Waals surface area contributed by atoms with Gasteiger partial charge in [0.25, 0.3) is 0 Å². The fourth-order valence-corrected chi connectivity index (χ4v) is 1.46. The van der Waals surface area contributed by atoms with Crippen molar-refractivity contribution < 1.29 is 17.1 Å². The van der Waals surface area contributed by atoms with E-state index in [9.17, 15) is 0 Å². The van der Waals surface area contributed by atoms with Crippen molar-refractivity contribution in [3.8, 4) is 6.07 Å². The van der Waals surface area contributed by atoms with Gasteiger partial charge in [-0.1, -0.05) is 0 Å². The quantitative estimate of drug-likeness (QED) is 0.810. The first-order valence-corrected chi connectivity index (χ1v) is 6.17. The Hall–Kier alpha value is -0.0305. The van der Waals surface area contributed by atoms with Crippen LogP contribution in [0, 0.1) is 75.0 Å². The molecule has 1 N–H and O–H groups in total. The summed E-state index contributed by atoms with van der Waals surface area (Å²) in [5, 5.41) is 11.9. The van der Waals surface area contributed by atoms with Crippen LogP contribution in [0.15, 0.2) is 0 Å². The molecule has 0 heterocycles. The monoisotopic (exact) mass is 296 g/mol. The number of nitrogens with one attached hydrogen (secondary N) is 1. The van der Waals surface area contributed by atoms with Crippen LogP contribution >= 0.6 is 0 Å². The standard InChI is InChI=1S/C11H15N2.C5H5.Fe/c1-11(2,9-12)13-8-7-10-5-3-4-6-10;1-2-4-5-3-1;/h3-6,13H,7-8H2,1-2H3;1-5H;/q;;+2. The minimum absolute atomic E-state index is 0. The minimum atomic E-state index is -0.410. The van der Waals surface area contributed by atoms with Crippen LogP contribution in [0.4, 0.5) is 0 Å². The molecule has 2 saturated carbocycles. The van der Waals surface area contributed by atoms with Crippen LogP contribution in [-0.4, -0.2) is 12.1 Å². The van der Waals surface area contributed by atoms with Gasteiger partial charge in [0.05, 0.1) is 6.07 Å². The molecule has 0 atom stereocenters. The molecule has 2 rings (SSSR count). The number of hydrogen-bond donors (Lipinski definition) is 1. The molecule has 10 radical (unpaired) electrons. The van der Waals surface area contributed by atoms with Gasteiger partial charge in [0.2, 0.25) is 0 Å². The number of rotatable bonds is 4. The van der Waals surface area contributed by atoms with Gasteiger partial charge in [-0.15, -0.1) is 0 Å². The van der Waals surface area contributed by atoms with E-state index in [1.165, 1.54) is 5.92 Å². The van der Waals surface area contributed by atoms with E-state index < -0.39 is 5.54 Å². The van der Waals surface area contributed by atoms with Gasteiger partial charge in [-0.2, -0.15) is 5.26 Å². The molecule has 3 heteroatoms. The van der Waals surface area contributed by atoms with Crippen LogP contribution < -0.4 is 5.32 Å². The average molecular weight is 296 g/mol. The van der Waals surface area contributed by atoms with Gasteiger partial charge in [0.15, 0.2) is 0 Å². The van der Waals surface area contributed by atoms with Crippen LogP contribution in [0.25, 0.3) is 0 Å². The smallest absolute Gasteiger partial charge is 0.300 e. The SMILES string of the molecule is CC(C)(C#N)NCC[C]1[CH][CH][CH][CH]1.[CH]1[CH][CH][CH][CH]1.[Fe+2]. The van der Waals surface area contributed by atoms with E-state index in [4.69, 9.17) is 5.26 Å². The molecule has 0 amide bonds. The molecule has 0 unspecified atom stereocenters. The third kappa shape index (κ3) is 9.49. The number of nitrogens with zero attached hydrogens (tertiary/aromatic N) is 1. The second-order valence-corrected chi connectivity index (χ2v) is 4.67. The van der Waals surface area contributed by atoms with Gasteiger partial charge in [-0.05, 0) is 90.5 Å². The number of hydrogen-bond acceptors (Lipinski definition) is 2. The van der Waals surface area contributed by atoms with Gasteiger partial charge in [0.1, 0.15) is 5.54 Å². The summed E-state index contributed by atoms with van der Waals surface area (Å²) in [5.41, 5.74) is -0.410. The summed E-state index contributed by atoms with van der Waals surface area (Å²) in [4.78, 5) is 0. The average Bonchev–Trinajstić information content (AvgIpc) is 3.04. The summed E-state index contributed by atoms with van der Waals surface area (Å²) in [6, 6.07) is 2.21. The van der Waals surface area contributed by atoms with E-state index in [1.807, 2.05) is 58.8 Å². The number of nitriles is 1. The Bertz CT molecular complexity index is 240. The fourth-order valence-electron chi connectivity index (χ4n) is 1.46. The molecule has 2 aliphatic carbocycles. The summed E-state index contributed by atoms with van der Waals surface area (Å²) < 4.78 is 0. The molecule has 2 nitrogen and oxygen atoms in total. The minimum Gasteiger partial charge on any atom is -0.300 e. The van der Waals surface area contributed by atoms with E-state index in [2.05, 4.69) is 24.2 Å². The van der Waals surface area contributed by atoms with Crippen LogP contribution in [0.1, 0.15) is 20.3 Å². The Labute approximate surface area is 130 Å². The molecule has 19 heavy (non-hydrogen) atoms. The Balaban J connectivity index is 0.000000454. The molecule has 100 valence electrons. The Morgan fingerprint density at radius 2 is 1.47 bits per heavy atom. The molecule has 0 spiro atoms. The van der Waals surface area contributed by atoms with Crippen molar-refractivity contribution in [3.05, 3.63) is 63.7 Å². The first-order valence-electron chi connectivity index (χ1n) is 6.17. The third-order valence-corrected chi connectivity index (χ3v) is 2.55. The Morgan fingerprint density at radius 1 is 1.00 bits per heavy atom. The van der Waals surface area contributed by atoms with Gasteiger partial charge >= 0.3 is 17.1 Å². The zero-order valence-corrected chi connectivity index (χ0v) is 12.5. The maximum Gasteiger partial charge on any atom is 2.00 e. The second kappa shape index (κ2) is 10.7. The predicted molar refractivity (Wildman–Crippen MR) is 74.3 cm³/mol. The molecule has 0 aromatic heterocycles. The molecular formula is C16H20FeN2+2.